The quantitative estimate of drug-likeness (QED) is 0.482. The molecule has 0 saturated heterocycles. The van der Waals surface area contributed by atoms with Gasteiger partial charge in [-0.2, -0.15) is 13.2 Å². The van der Waals surface area contributed by atoms with Crippen molar-refractivity contribution in [2.45, 2.75) is 30.8 Å². The van der Waals surface area contributed by atoms with Crippen LogP contribution in [0.4, 0.5) is 13.2 Å². The molecule has 0 saturated carbocycles. The van der Waals surface area contributed by atoms with Crippen molar-refractivity contribution >= 4 is 20.7 Å². The Balaban J connectivity index is 1.78. The molecule has 33 heavy (non-hydrogen) atoms. The van der Waals surface area contributed by atoms with E-state index in [2.05, 4.69) is 4.98 Å². The van der Waals surface area contributed by atoms with Crippen molar-refractivity contribution in [1.29, 1.82) is 0 Å². The van der Waals surface area contributed by atoms with E-state index >= 15 is 0 Å². The second kappa shape index (κ2) is 7.77. The van der Waals surface area contributed by atoms with Crippen molar-refractivity contribution in [3.8, 4) is 11.6 Å². The molecule has 0 bridgehead atoms. The fourth-order valence-corrected chi connectivity index (χ4v) is 4.42. The molecule has 4 rings (SSSR count). The summed E-state index contributed by atoms with van der Waals surface area (Å²) < 4.78 is 63.7. The summed E-state index contributed by atoms with van der Waals surface area (Å²) in [6, 6.07) is 11.0. The van der Waals surface area contributed by atoms with Crippen molar-refractivity contribution in [2.75, 3.05) is 0 Å². The van der Waals surface area contributed by atoms with Crippen LogP contribution in [0.5, 0.6) is 5.88 Å². The Labute approximate surface area is 186 Å². The number of aromatic hydroxyl groups is 1. The number of halogens is 3. The zero-order valence-electron chi connectivity index (χ0n) is 17.5. The molecule has 11 heteroatoms. The summed E-state index contributed by atoms with van der Waals surface area (Å²) in [7, 11) is -5.52. The molecule has 0 radical (unpaired) electrons. The summed E-state index contributed by atoms with van der Waals surface area (Å²) in [6.07, 6.45) is 1.63. The summed E-state index contributed by atoms with van der Waals surface area (Å²) in [5.41, 5.74) is -3.27. The van der Waals surface area contributed by atoms with Gasteiger partial charge < -0.3 is 5.11 Å². The lowest BCUT2D eigenvalue weighted by Gasteiger charge is -2.09. The summed E-state index contributed by atoms with van der Waals surface area (Å²) in [5.74, 6) is -0.402. The summed E-state index contributed by atoms with van der Waals surface area (Å²) in [4.78, 5) is 16.5. The van der Waals surface area contributed by atoms with E-state index in [4.69, 9.17) is 0 Å². The van der Waals surface area contributed by atoms with Crippen molar-refractivity contribution in [3.05, 3.63) is 82.0 Å². The van der Waals surface area contributed by atoms with Gasteiger partial charge in [0.1, 0.15) is 0 Å². The number of aromatic nitrogens is 3. The average Bonchev–Trinajstić information content (AvgIpc) is 2.97. The Morgan fingerprint density at radius 3 is 2.33 bits per heavy atom. The molecule has 172 valence electrons. The predicted octanol–water partition coefficient (Wildman–Crippen LogP) is 3.85. The van der Waals surface area contributed by atoms with E-state index in [0.29, 0.717) is 0 Å². The first-order valence-electron chi connectivity index (χ1n) is 9.69. The van der Waals surface area contributed by atoms with Crippen LogP contribution >= 0.6 is 0 Å². The van der Waals surface area contributed by atoms with Crippen molar-refractivity contribution < 1.29 is 26.7 Å². The number of para-hydroxylation sites is 1. The maximum absolute atomic E-state index is 13.1. The summed E-state index contributed by atoms with van der Waals surface area (Å²) in [6.45, 7) is 3.57. The first-order valence-corrected chi connectivity index (χ1v) is 11.2. The van der Waals surface area contributed by atoms with Crippen molar-refractivity contribution in [1.82, 2.24) is 14.1 Å². The molecule has 0 aliphatic heterocycles. The second-order valence-electron chi connectivity index (χ2n) is 7.50. The highest BCUT2D eigenvalue weighted by atomic mass is 32.2. The van der Waals surface area contributed by atoms with Crippen LogP contribution in [0.3, 0.4) is 0 Å². The highest BCUT2D eigenvalue weighted by Crippen LogP contribution is 2.31. The first kappa shape index (κ1) is 22.6. The van der Waals surface area contributed by atoms with E-state index in [-0.39, 0.29) is 17.9 Å². The molecular weight excluding hydrogens is 459 g/mol. The monoisotopic (exact) mass is 477 g/mol. The minimum atomic E-state index is -5.52. The normalized spacial score (nSPS) is 12.4. The third-order valence-electron chi connectivity index (χ3n) is 5.46. The number of sulfone groups is 1. The minimum Gasteiger partial charge on any atom is -0.493 e. The SMILES string of the molecule is Cc1cccc2c(Cn3c(C)c(O)n(-c4ccc(S(=O)(=O)C(F)(F)F)cc4)c3=O)ccnc12. The van der Waals surface area contributed by atoms with Crippen LogP contribution in [0.15, 0.2) is 64.4 Å². The van der Waals surface area contributed by atoms with Crippen LogP contribution < -0.4 is 5.69 Å². The van der Waals surface area contributed by atoms with Gasteiger partial charge in [0.05, 0.1) is 28.3 Å². The lowest BCUT2D eigenvalue weighted by molar-refractivity contribution is -0.0436. The standard InChI is InChI=1S/C22H18F3N3O4S/c1-13-4-3-5-18-15(10-11-26-19(13)18)12-27-14(2)20(29)28(21(27)30)16-6-8-17(9-7-16)33(31,32)22(23,24)25/h3-11,29H,12H2,1-2H3. The van der Waals surface area contributed by atoms with Gasteiger partial charge in [0.2, 0.25) is 5.88 Å². The molecule has 0 fully saturated rings. The molecule has 0 spiro atoms. The molecule has 2 heterocycles. The van der Waals surface area contributed by atoms with Crippen LogP contribution in [0.1, 0.15) is 16.8 Å². The number of nitrogens with zero attached hydrogens (tertiary/aromatic N) is 3. The second-order valence-corrected chi connectivity index (χ2v) is 9.44. The predicted molar refractivity (Wildman–Crippen MR) is 115 cm³/mol. The van der Waals surface area contributed by atoms with Crippen molar-refractivity contribution in [2.24, 2.45) is 0 Å². The summed E-state index contributed by atoms with van der Waals surface area (Å²) in [5, 5.41) is 11.4. The maximum Gasteiger partial charge on any atom is 0.501 e. The number of alkyl halides is 3. The molecular formula is C22H18F3N3O4S. The zero-order valence-corrected chi connectivity index (χ0v) is 18.3. The van der Waals surface area contributed by atoms with Gasteiger partial charge in [-0.15, -0.1) is 0 Å². The molecule has 7 nitrogen and oxygen atoms in total. The van der Waals surface area contributed by atoms with Gasteiger partial charge in [-0.25, -0.2) is 17.8 Å². The number of fused-ring (bicyclic) bond motifs is 1. The van der Waals surface area contributed by atoms with Crippen LogP contribution in [-0.4, -0.2) is 33.2 Å². The van der Waals surface area contributed by atoms with Gasteiger partial charge >= 0.3 is 11.2 Å². The largest absolute Gasteiger partial charge is 0.501 e. The number of rotatable bonds is 4. The molecule has 2 aromatic heterocycles. The van der Waals surface area contributed by atoms with Crippen LogP contribution in [0.25, 0.3) is 16.6 Å². The van der Waals surface area contributed by atoms with E-state index in [1.54, 1.807) is 12.3 Å². The zero-order chi connectivity index (χ0) is 24.1. The van der Waals surface area contributed by atoms with E-state index in [1.807, 2.05) is 25.1 Å². The maximum atomic E-state index is 13.1. The smallest absolute Gasteiger partial charge is 0.493 e. The van der Waals surface area contributed by atoms with Gasteiger partial charge in [0, 0.05) is 11.6 Å². The lowest BCUT2D eigenvalue weighted by atomic mass is 10.1. The summed E-state index contributed by atoms with van der Waals surface area (Å²) >= 11 is 0. The van der Waals surface area contributed by atoms with E-state index in [0.717, 1.165) is 50.9 Å². The highest BCUT2D eigenvalue weighted by molar-refractivity contribution is 7.92. The molecule has 4 aromatic rings. The Morgan fingerprint density at radius 2 is 1.70 bits per heavy atom. The molecule has 2 aromatic carbocycles. The topological polar surface area (TPSA) is 94.2 Å². The fourth-order valence-electron chi connectivity index (χ4n) is 3.65. The third-order valence-corrected chi connectivity index (χ3v) is 6.97. The van der Waals surface area contributed by atoms with Gasteiger partial charge in [-0.1, -0.05) is 18.2 Å². The Kier molecular flexibility index (Phi) is 5.32. The van der Waals surface area contributed by atoms with E-state index in [1.165, 1.54) is 11.5 Å². The molecule has 0 atom stereocenters. The molecule has 1 N–H and O–H groups in total. The number of hydrogen-bond acceptors (Lipinski definition) is 5. The molecule has 0 amide bonds. The lowest BCUT2D eigenvalue weighted by Crippen LogP contribution is -2.25. The van der Waals surface area contributed by atoms with Crippen LogP contribution in [-0.2, 0) is 16.4 Å². The molecule has 0 unspecified atom stereocenters. The molecule has 0 aliphatic rings. The minimum absolute atomic E-state index is 0.0240. The molecule has 0 aliphatic carbocycles. The van der Waals surface area contributed by atoms with Gasteiger partial charge in [-0.3, -0.25) is 9.55 Å². The van der Waals surface area contributed by atoms with Gasteiger partial charge in [0.15, 0.2) is 0 Å². The Hall–Kier alpha value is -3.60. The third kappa shape index (κ3) is 3.67. The van der Waals surface area contributed by atoms with Crippen LogP contribution in [0, 0.1) is 13.8 Å². The van der Waals surface area contributed by atoms with Gasteiger partial charge in [0.25, 0.3) is 9.84 Å². The van der Waals surface area contributed by atoms with E-state index < -0.39 is 31.8 Å². The van der Waals surface area contributed by atoms with Crippen LogP contribution in [0.2, 0.25) is 0 Å². The number of aryl methyl sites for hydroxylation is 1. The number of imidazole rings is 1. The van der Waals surface area contributed by atoms with Gasteiger partial charge in [-0.05, 0) is 55.3 Å². The average molecular weight is 477 g/mol. The number of hydrogen-bond donors (Lipinski definition) is 1. The van der Waals surface area contributed by atoms with E-state index in [9.17, 15) is 31.5 Å². The Morgan fingerprint density at radius 1 is 1.03 bits per heavy atom. The first-order chi connectivity index (χ1) is 15.4. The highest BCUT2D eigenvalue weighted by Gasteiger charge is 2.46. The number of benzene rings is 2. The fraction of sp³-hybridized carbons (Fsp3) is 0.182. The van der Waals surface area contributed by atoms with Crippen molar-refractivity contribution in [3.63, 3.8) is 0 Å². The number of pyridine rings is 1. The Bertz CT molecular complexity index is 1540.